The molecular formula is C14H10F3N3O2. The second-order valence-electron chi connectivity index (χ2n) is 4.53. The molecule has 0 spiro atoms. The number of pyridine rings is 1. The largest absolute Gasteiger partial charge is 0.507 e. The van der Waals surface area contributed by atoms with Crippen LogP contribution in [-0.4, -0.2) is 27.0 Å². The van der Waals surface area contributed by atoms with Crippen molar-refractivity contribution in [3.8, 4) is 17.3 Å². The van der Waals surface area contributed by atoms with Gasteiger partial charge in [-0.1, -0.05) is 0 Å². The number of hydrogen-bond acceptors (Lipinski definition) is 4. The minimum atomic E-state index is -4.53. The Balaban J connectivity index is 2.13. The van der Waals surface area contributed by atoms with Crippen molar-refractivity contribution in [1.82, 2.24) is 14.8 Å². The van der Waals surface area contributed by atoms with E-state index in [4.69, 9.17) is 4.74 Å². The van der Waals surface area contributed by atoms with Crippen molar-refractivity contribution in [2.45, 2.75) is 6.18 Å². The zero-order valence-corrected chi connectivity index (χ0v) is 11.3. The van der Waals surface area contributed by atoms with Crippen molar-refractivity contribution >= 4 is 10.9 Å². The molecule has 2 aromatic heterocycles. The first kappa shape index (κ1) is 14.2. The summed E-state index contributed by atoms with van der Waals surface area (Å²) in [6.07, 6.45) is -3.40. The van der Waals surface area contributed by atoms with E-state index in [9.17, 15) is 18.3 Å². The Hall–Kier alpha value is -2.77. The zero-order chi connectivity index (χ0) is 15.9. The average molecular weight is 309 g/mol. The van der Waals surface area contributed by atoms with Crippen molar-refractivity contribution in [2.75, 3.05) is 7.11 Å². The Morgan fingerprint density at radius 1 is 1.18 bits per heavy atom. The first-order chi connectivity index (χ1) is 10.4. The lowest BCUT2D eigenvalue weighted by Crippen LogP contribution is -2.07. The fraction of sp³-hybridized carbons (Fsp3) is 0.143. The molecule has 1 aromatic carbocycles. The van der Waals surface area contributed by atoms with E-state index in [2.05, 4.69) is 10.1 Å². The molecule has 0 saturated carbocycles. The Bertz CT molecular complexity index is 843. The van der Waals surface area contributed by atoms with E-state index < -0.39 is 11.9 Å². The third-order valence-electron chi connectivity index (χ3n) is 3.10. The van der Waals surface area contributed by atoms with E-state index in [0.29, 0.717) is 16.7 Å². The number of nitrogens with zero attached hydrogens (tertiary/aromatic N) is 3. The van der Waals surface area contributed by atoms with Gasteiger partial charge < -0.3 is 9.84 Å². The highest BCUT2D eigenvalue weighted by Gasteiger charge is 2.33. The van der Waals surface area contributed by atoms with Gasteiger partial charge in [-0.25, -0.2) is 9.67 Å². The van der Waals surface area contributed by atoms with Gasteiger partial charge in [0.15, 0.2) is 11.5 Å². The van der Waals surface area contributed by atoms with Crippen LogP contribution in [-0.2, 0) is 6.18 Å². The smallest absolute Gasteiger partial charge is 0.435 e. The van der Waals surface area contributed by atoms with Gasteiger partial charge in [0.25, 0.3) is 0 Å². The summed E-state index contributed by atoms with van der Waals surface area (Å²) in [4.78, 5) is 4.20. The maximum Gasteiger partial charge on any atom is 0.435 e. The average Bonchev–Trinajstić information content (AvgIpc) is 2.96. The summed E-state index contributed by atoms with van der Waals surface area (Å²) in [5.41, 5.74) is -0.641. The van der Waals surface area contributed by atoms with Crippen LogP contribution in [0.5, 0.6) is 11.5 Å². The van der Waals surface area contributed by atoms with Crippen LogP contribution < -0.4 is 4.74 Å². The number of fused-ring (bicyclic) bond motifs is 1. The highest BCUT2D eigenvalue weighted by molar-refractivity contribution is 5.86. The highest BCUT2D eigenvalue weighted by Crippen LogP contribution is 2.30. The number of aromatic nitrogens is 3. The van der Waals surface area contributed by atoms with Gasteiger partial charge in [0.05, 0.1) is 12.6 Å². The van der Waals surface area contributed by atoms with Crippen LogP contribution in [0.2, 0.25) is 0 Å². The lowest BCUT2D eigenvalue weighted by Gasteiger charge is -2.07. The van der Waals surface area contributed by atoms with Crippen LogP contribution in [0.3, 0.4) is 0 Å². The Kier molecular flexibility index (Phi) is 3.16. The predicted molar refractivity (Wildman–Crippen MR) is 72.1 cm³/mol. The molecule has 0 atom stereocenters. The van der Waals surface area contributed by atoms with Crippen molar-refractivity contribution < 1.29 is 23.0 Å². The molecule has 0 unspecified atom stereocenters. The normalized spacial score (nSPS) is 11.8. The molecule has 0 amide bonds. The van der Waals surface area contributed by atoms with Crippen molar-refractivity contribution in [1.29, 1.82) is 0 Å². The Morgan fingerprint density at radius 3 is 2.59 bits per heavy atom. The molecule has 1 N–H and O–H groups in total. The van der Waals surface area contributed by atoms with Gasteiger partial charge >= 0.3 is 6.18 Å². The second-order valence-corrected chi connectivity index (χ2v) is 4.53. The Labute approximate surface area is 122 Å². The number of hydrogen-bond donors (Lipinski definition) is 1. The number of aromatic hydroxyl groups is 1. The molecular weight excluding hydrogens is 299 g/mol. The van der Waals surface area contributed by atoms with Crippen LogP contribution in [0.15, 0.2) is 36.5 Å². The Morgan fingerprint density at radius 2 is 1.95 bits per heavy atom. The van der Waals surface area contributed by atoms with Gasteiger partial charge in [-0.05, 0) is 18.2 Å². The van der Waals surface area contributed by atoms with E-state index >= 15 is 0 Å². The molecule has 3 aromatic rings. The number of alkyl halides is 3. The first-order valence-electron chi connectivity index (χ1n) is 6.19. The lowest BCUT2D eigenvalue weighted by molar-refractivity contribution is -0.141. The third kappa shape index (κ3) is 2.43. The molecule has 0 aliphatic rings. The van der Waals surface area contributed by atoms with Crippen LogP contribution in [0, 0.1) is 0 Å². The summed E-state index contributed by atoms with van der Waals surface area (Å²) in [6.45, 7) is 0. The molecule has 8 heteroatoms. The molecule has 0 aliphatic carbocycles. The molecule has 3 rings (SSSR count). The van der Waals surface area contributed by atoms with Gasteiger partial charge in [-0.15, -0.1) is 0 Å². The number of ether oxygens (including phenoxy) is 1. The standard InChI is InChI=1S/C14H10F3N3O2/c1-22-8-2-3-9-10(6-8)18-13(7-11(9)21)20-5-4-12(19-20)14(15,16)17/h2-7H,1H3,(H,18,21). The van der Waals surface area contributed by atoms with Gasteiger partial charge in [0.1, 0.15) is 11.5 Å². The van der Waals surface area contributed by atoms with Crippen molar-refractivity contribution in [2.24, 2.45) is 0 Å². The highest BCUT2D eigenvalue weighted by atomic mass is 19.4. The molecule has 0 bridgehead atoms. The molecule has 0 aliphatic heterocycles. The quantitative estimate of drug-likeness (QED) is 0.790. The maximum atomic E-state index is 12.6. The molecule has 0 fully saturated rings. The molecule has 22 heavy (non-hydrogen) atoms. The fourth-order valence-corrected chi connectivity index (χ4v) is 2.02. The summed E-state index contributed by atoms with van der Waals surface area (Å²) in [5.74, 6) is 0.494. The van der Waals surface area contributed by atoms with Gasteiger partial charge in [0, 0.05) is 23.7 Å². The van der Waals surface area contributed by atoms with Gasteiger partial charge in [-0.2, -0.15) is 18.3 Å². The summed E-state index contributed by atoms with van der Waals surface area (Å²) in [5, 5.41) is 13.9. The van der Waals surface area contributed by atoms with E-state index in [-0.39, 0.29) is 11.6 Å². The minimum Gasteiger partial charge on any atom is -0.507 e. The molecule has 5 nitrogen and oxygen atoms in total. The van der Waals surface area contributed by atoms with Gasteiger partial charge in [0.2, 0.25) is 0 Å². The minimum absolute atomic E-state index is 0.0775. The topological polar surface area (TPSA) is 60.2 Å². The molecule has 0 radical (unpaired) electrons. The lowest BCUT2D eigenvalue weighted by atomic mass is 10.2. The number of methoxy groups -OCH3 is 1. The monoisotopic (exact) mass is 309 g/mol. The van der Waals surface area contributed by atoms with Crippen LogP contribution in [0.1, 0.15) is 5.69 Å². The van der Waals surface area contributed by atoms with Gasteiger partial charge in [-0.3, -0.25) is 0 Å². The van der Waals surface area contributed by atoms with Crippen molar-refractivity contribution in [3.05, 3.63) is 42.2 Å². The fourth-order valence-electron chi connectivity index (χ4n) is 2.02. The SMILES string of the molecule is COc1ccc2c(O)cc(-n3ccc(C(F)(F)F)n3)nc2c1. The molecule has 114 valence electrons. The van der Waals surface area contributed by atoms with E-state index in [1.165, 1.54) is 13.2 Å². The van der Waals surface area contributed by atoms with E-state index in [1.807, 2.05) is 0 Å². The predicted octanol–water partition coefficient (Wildman–Crippen LogP) is 3.15. The maximum absolute atomic E-state index is 12.6. The first-order valence-corrected chi connectivity index (χ1v) is 6.19. The van der Waals surface area contributed by atoms with Crippen LogP contribution >= 0.6 is 0 Å². The second kappa shape index (κ2) is 4.90. The summed E-state index contributed by atoms with van der Waals surface area (Å²) in [7, 11) is 1.48. The van der Waals surface area contributed by atoms with E-state index in [0.717, 1.165) is 16.9 Å². The van der Waals surface area contributed by atoms with E-state index in [1.54, 1.807) is 18.2 Å². The number of halogens is 3. The van der Waals surface area contributed by atoms with Crippen LogP contribution in [0.4, 0.5) is 13.2 Å². The molecule has 0 saturated heterocycles. The van der Waals surface area contributed by atoms with Crippen molar-refractivity contribution in [3.63, 3.8) is 0 Å². The summed E-state index contributed by atoms with van der Waals surface area (Å²) >= 11 is 0. The molecule has 2 heterocycles. The summed E-state index contributed by atoms with van der Waals surface area (Å²) in [6, 6.07) is 6.94. The summed E-state index contributed by atoms with van der Waals surface area (Å²) < 4.78 is 43.8. The third-order valence-corrected chi connectivity index (χ3v) is 3.10. The zero-order valence-electron chi connectivity index (χ0n) is 11.3. The number of rotatable bonds is 2. The van der Waals surface area contributed by atoms with Crippen LogP contribution in [0.25, 0.3) is 16.7 Å². The number of benzene rings is 1.